The van der Waals surface area contributed by atoms with Gasteiger partial charge in [0, 0.05) is 29.4 Å². The van der Waals surface area contributed by atoms with Crippen molar-refractivity contribution in [1.82, 2.24) is 20.0 Å². The number of fused-ring (bicyclic) bond motifs is 1. The van der Waals surface area contributed by atoms with Crippen molar-refractivity contribution >= 4 is 41.7 Å². The number of nitriles is 1. The fourth-order valence-electron chi connectivity index (χ4n) is 4.64. The molecule has 2 aromatic carbocycles. The Bertz CT molecular complexity index is 1640. The molecule has 5 rings (SSSR count). The van der Waals surface area contributed by atoms with Gasteiger partial charge in [0.2, 0.25) is 0 Å². The third-order valence-corrected chi connectivity index (χ3v) is 7.12. The molecule has 0 aliphatic heterocycles. The lowest BCUT2D eigenvalue weighted by molar-refractivity contribution is -0.275. The average Bonchev–Trinajstić information content (AvgIpc) is 3.61. The van der Waals surface area contributed by atoms with Crippen LogP contribution in [0.1, 0.15) is 56.5 Å². The first-order chi connectivity index (χ1) is 19.3. The number of nitrogens with zero attached hydrogens (tertiary/aromatic N) is 5. The molecule has 4 aromatic rings. The molecule has 13 heteroatoms. The second-order valence-electron chi connectivity index (χ2n) is 11.5. The number of pyridine rings is 1. The molecular formula is C28H28BClF3N7O. The van der Waals surface area contributed by atoms with Gasteiger partial charge in [-0.05, 0) is 36.5 Å². The van der Waals surface area contributed by atoms with E-state index in [1.807, 2.05) is 0 Å². The van der Waals surface area contributed by atoms with Crippen molar-refractivity contribution in [2.24, 2.45) is 5.41 Å². The number of rotatable bonds is 8. The van der Waals surface area contributed by atoms with Crippen molar-refractivity contribution in [3.8, 4) is 11.8 Å². The Morgan fingerprint density at radius 2 is 1.93 bits per heavy atom. The molecule has 8 nitrogen and oxygen atoms in total. The average molecular weight is 582 g/mol. The molecule has 2 aromatic heterocycles. The van der Waals surface area contributed by atoms with E-state index in [1.165, 1.54) is 18.3 Å². The Morgan fingerprint density at radius 1 is 1.20 bits per heavy atom. The molecule has 2 N–H and O–H groups in total. The summed E-state index contributed by atoms with van der Waals surface area (Å²) in [5, 5.41) is 26.0. The van der Waals surface area contributed by atoms with Crippen LogP contribution in [-0.4, -0.2) is 40.7 Å². The van der Waals surface area contributed by atoms with E-state index >= 15 is 0 Å². The van der Waals surface area contributed by atoms with Gasteiger partial charge in [0.05, 0.1) is 39.5 Å². The topological polar surface area (TPSA) is 101 Å². The number of nitrogens with one attached hydrogen (secondary N) is 2. The number of benzene rings is 2. The summed E-state index contributed by atoms with van der Waals surface area (Å²) >= 11 is 6.69. The van der Waals surface area contributed by atoms with Gasteiger partial charge < -0.3 is 15.4 Å². The first-order valence-corrected chi connectivity index (χ1v) is 13.5. The second kappa shape index (κ2) is 10.5. The summed E-state index contributed by atoms with van der Waals surface area (Å²) in [6, 6.07) is 11.7. The maximum Gasteiger partial charge on any atom is 0.573 e. The minimum Gasteiger partial charge on any atom is -0.405 e. The normalized spacial score (nSPS) is 15.3. The van der Waals surface area contributed by atoms with Crippen molar-refractivity contribution < 1.29 is 17.9 Å². The van der Waals surface area contributed by atoms with Gasteiger partial charge in [0.1, 0.15) is 25.4 Å². The summed E-state index contributed by atoms with van der Waals surface area (Å²) < 4.78 is 46.4. The highest BCUT2D eigenvalue weighted by Crippen LogP contribution is 2.41. The highest BCUT2D eigenvalue weighted by Gasteiger charge is 2.39. The van der Waals surface area contributed by atoms with Crippen LogP contribution in [0.4, 0.5) is 24.5 Å². The number of ether oxygens (including phenoxy) is 1. The molecule has 0 bridgehead atoms. The standard InChI is InChI=1S/C28H28BClF3N7O/c1-26(2,3)15-36-24-16(12-34)13-35-25-19(24)10-17(11-21(25)30)37-27(29,23-14-40(39-38-23)18-8-9-18)20-6-4-5-7-22(20)41-28(31,32)33/h4-7,10-11,13-14,18,37H,8-9,15,29H2,1-3H3,(H,35,36). The van der Waals surface area contributed by atoms with Crippen LogP contribution in [0.15, 0.2) is 48.8 Å². The van der Waals surface area contributed by atoms with Crippen LogP contribution < -0.4 is 15.4 Å². The number of anilines is 2. The van der Waals surface area contributed by atoms with Gasteiger partial charge in [-0.15, -0.1) is 18.3 Å². The molecule has 1 unspecified atom stereocenters. The van der Waals surface area contributed by atoms with Crippen LogP contribution in [0.2, 0.25) is 5.02 Å². The van der Waals surface area contributed by atoms with E-state index in [0.717, 1.165) is 12.8 Å². The molecule has 212 valence electrons. The van der Waals surface area contributed by atoms with Crippen LogP contribution in [0.25, 0.3) is 10.9 Å². The van der Waals surface area contributed by atoms with Crippen molar-refractivity contribution in [1.29, 1.82) is 5.26 Å². The molecular weight excluding hydrogens is 554 g/mol. The summed E-state index contributed by atoms with van der Waals surface area (Å²) in [7, 11) is 1.72. The third-order valence-electron chi connectivity index (χ3n) is 6.83. The van der Waals surface area contributed by atoms with Crippen LogP contribution in [0.3, 0.4) is 0 Å². The highest BCUT2D eigenvalue weighted by molar-refractivity contribution is 6.36. The molecule has 1 aliphatic carbocycles. The molecule has 0 radical (unpaired) electrons. The number of hydrogen-bond acceptors (Lipinski definition) is 7. The first-order valence-electron chi connectivity index (χ1n) is 13.1. The molecule has 1 aliphatic rings. The van der Waals surface area contributed by atoms with Crippen LogP contribution in [-0.2, 0) is 5.44 Å². The SMILES string of the molecule is BC(Nc1cc(Cl)c2ncc(C#N)c(NCC(C)(C)C)c2c1)(c1cn(C2CC2)nn1)c1ccccc1OC(F)(F)F. The van der Waals surface area contributed by atoms with E-state index in [-0.39, 0.29) is 22.8 Å². The molecule has 0 amide bonds. The largest absolute Gasteiger partial charge is 0.573 e. The fraction of sp³-hybridized carbons (Fsp3) is 0.357. The van der Waals surface area contributed by atoms with Crippen LogP contribution >= 0.6 is 11.6 Å². The number of aromatic nitrogens is 4. The van der Waals surface area contributed by atoms with Crippen molar-refractivity contribution in [2.75, 3.05) is 17.2 Å². The van der Waals surface area contributed by atoms with Gasteiger partial charge in [-0.3, -0.25) is 4.98 Å². The van der Waals surface area contributed by atoms with Crippen molar-refractivity contribution in [3.05, 3.63) is 70.6 Å². The zero-order valence-electron chi connectivity index (χ0n) is 23.0. The van der Waals surface area contributed by atoms with Crippen LogP contribution in [0, 0.1) is 16.7 Å². The van der Waals surface area contributed by atoms with Crippen molar-refractivity contribution in [2.45, 2.75) is 51.5 Å². The monoisotopic (exact) mass is 581 g/mol. The Hall–Kier alpha value is -3.98. The highest BCUT2D eigenvalue weighted by atomic mass is 35.5. The molecule has 0 saturated heterocycles. The number of halogens is 4. The lowest BCUT2D eigenvalue weighted by Gasteiger charge is -2.33. The van der Waals surface area contributed by atoms with E-state index in [2.05, 4.69) is 57.5 Å². The molecule has 2 heterocycles. The lowest BCUT2D eigenvalue weighted by atomic mass is 9.69. The Labute approximate surface area is 241 Å². The number of hydrogen-bond donors (Lipinski definition) is 2. The molecule has 1 fully saturated rings. The summed E-state index contributed by atoms with van der Waals surface area (Å²) in [5.74, 6) is -0.371. The van der Waals surface area contributed by atoms with Gasteiger partial charge in [-0.25, -0.2) is 4.68 Å². The van der Waals surface area contributed by atoms with E-state index in [4.69, 9.17) is 11.6 Å². The van der Waals surface area contributed by atoms with E-state index in [0.29, 0.717) is 45.1 Å². The molecule has 0 spiro atoms. The zero-order valence-corrected chi connectivity index (χ0v) is 23.7. The first kappa shape index (κ1) is 28.5. The Morgan fingerprint density at radius 3 is 2.59 bits per heavy atom. The quantitative estimate of drug-likeness (QED) is 0.247. The zero-order chi connectivity index (χ0) is 29.6. The molecule has 1 saturated carbocycles. The number of para-hydroxylation sites is 1. The predicted octanol–water partition coefficient (Wildman–Crippen LogP) is 5.99. The van der Waals surface area contributed by atoms with Gasteiger partial charge in [0.25, 0.3) is 0 Å². The number of alkyl halides is 3. The summed E-state index contributed by atoms with van der Waals surface area (Å²) in [6.07, 6.45) is 0.224. The maximum atomic E-state index is 13.4. The second-order valence-corrected chi connectivity index (χ2v) is 11.9. The molecule has 41 heavy (non-hydrogen) atoms. The minimum absolute atomic E-state index is 0.0872. The summed E-state index contributed by atoms with van der Waals surface area (Å²) in [4.78, 5) is 4.40. The van der Waals surface area contributed by atoms with Crippen molar-refractivity contribution in [3.63, 3.8) is 0 Å². The van der Waals surface area contributed by atoms with Gasteiger partial charge in [-0.1, -0.05) is 55.8 Å². The van der Waals surface area contributed by atoms with E-state index in [9.17, 15) is 18.4 Å². The maximum absolute atomic E-state index is 13.4. The summed E-state index contributed by atoms with van der Waals surface area (Å²) in [6.45, 7) is 6.77. The van der Waals surface area contributed by atoms with E-state index in [1.54, 1.807) is 43.0 Å². The third kappa shape index (κ3) is 6.20. The Kier molecular flexibility index (Phi) is 7.28. The van der Waals surface area contributed by atoms with Gasteiger partial charge in [0.15, 0.2) is 0 Å². The Balaban J connectivity index is 1.66. The van der Waals surface area contributed by atoms with Gasteiger partial charge in [-0.2, -0.15) is 5.26 Å². The summed E-state index contributed by atoms with van der Waals surface area (Å²) in [5.41, 5.74) is 1.05. The van der Waals surface area contributed by atoms with Gasteiger partial charge >= 0.3 is 6.36 Å². The minimum atomic E-state index is -4.90. The lowest BCUT2D eigenvalue weighted by Crippen LogP contribution is -2.38. The predicted molar refractivity (Wildman–Crippen MR) is 154 cm³/mol. The smallest absolute Gasteiger partial charge is 0.405 e. The van der Waals surface area contributed by atoms with E-state index < -0.39 is 11.8 Å². The molecule has 1 atom stereocenters. The fourth-order valence-corrected chi connectivity index (χ4v) is 4.90. The van der Waals surface area contributed by atoms with Crippen LogP contribution in [0.5, 0.6) is 5.75 Å².